The summed E-state index contributed by atoms with van der Waals surface area (Å²) in [5, 5.41) is 2.84. The van der Waals surface area contributed by atoms with Crippen molar-refractivity contribution in [3.8, 4) is 5.75 Å². The second-order valence-electron chi connectivity index (χ2n) is 7.87. The summed E-state index contributed by atoms with van der Waals surface area (Å²) < 4.78 is 34.5. The molecule has 3 aromatic carbocycles. The largest absolute Gasteiger partial charge is 0.486 e. The molecule has 0 unspecified atom stereocenters. The van der Waals surface area contributed by atoms with E-state index in [2.05, 4.69) is 10.3 Å². The Morgan fingerprint density at radius 1 is 0.943 bits per heavy atom. The second kappa shape index (κ2) is 10.7. The number of carbonyl (C=O) groups is 1. The van der Waals surface area contributed by atoms with Crippen LogP contribution in [-0.2, 0) is 28.0 Å². The Balaban J connectivity index is 1.50. The SMILES string of the molecule is CCN(CC)S(=O)(=O)c1ccc(NC(=O)Cn2c(COc3ccccc3)nc3ccccc32)cc1. The zero-order valence-electron chi connectivity index (χ0n) is 19.7. The van der Waals surface area contributed by atoms with Crippen molar-refractivity contribution in [2.45, 2.75) is 31.9 Å². The predicted molar refractivity (Wildman–Crippen MR) is 136 cm³/mol. The van der Waals surface area contributed by atoms with E-state index in [1.54, 1.807) is 26.0 Å². The quantitative estimate of drug-likeness (QED) is 0.357. The van der Waals surface area contributed by atoms with E-state index in [1.807, 2.05) is 59.2 Å². The maximum Gasteiger partial charge on any atom is 0.244 e. The highest BCUT2D eigenvalue weighted by atomic mass is 32.2. The van der Waals surface area contributed by atoms with Crippen LogP contribution in [0.4, 0.5) is 5.69 Å². The van der Waals surface area contributed by atoms with Gasteiger partial charge in [0.15, 0.2) is 0 Å². The Bertz CT molecular complexity index is 1400. The molecule has 0 aliphatic carbocycles. The lowest BCUT2D eigenvalue weighted by molar-refractivity contribution is -0.116. The summed E-state index contributed by atoms with van der Waals surface area (Å²) >= 11 is 0. The van der Waals surface area contributed by atoms with E-state index < -0.39 is 10.0 Å². The number of hydrogen-bond donors (Lipinski definition) is 1. The molecule has 9 heteroatoms. The first-order valence-corrected chi connectivity index (χ1v) is 12.9. The number of nitrogens with one attached hydrogen (secondary N) is 1. The van der Waals surface area contributed by atoms with Gasteiger partial charge in [-0.3, -0.25) is 4.79 Å². The minimum Gasteiger partial charge on any atom is -0.486 e. The van der Waals surface area contributed by atoms with Crippen LogP contribution < -0.4 is 10.1 Å². The minimum absolute atomic E-state index is 0.0352. The molecule has 0 radical (unpaired) electrons. The Hall–Kier alpha value is -3.69. The fraction of sp³-hybridized carbons (Fsp3) is 0.231. The van der Waals surface area contributed by atoms with Gasteiger partial charge in [0.1, 0.15) is 24.7 Å². The van der Waals surface area contributed by atoms with Gasteiger partial charge in [-0.1, -0.05) is 44.2 Å². The van der Waals surface area contributed by atoms with Crippen LogP contribution in [0.2, 0.25) is 0 Å². The molecule has 1 N–H and O–H groups in total. The summed E-state index contributed by atoms with van der Waals surface area (Å²) in [6, 6.07) is 23.2. The topological polar surface area (TPSA) is 93.5 Å². The molecule has 0 spiro atoms. The zero-order chi connectivity index (χ0) is 24.8. The molecule has 0 saturated carbocycles. The molecule has 0 aliphatic rings. The maximum atomic E-state index is 12.9. The van der Waals surface area contributed by atoms with Gasteiger partial charge in [0, 0.05) is 18.8 Å². The minimum atomic E-state index is -3.55. The summed E-state index contributed by atoms with van der Waals surface area (Å²) in [5.41, 5.74) is 2.12. The molecule has 8 nitrogen and oxygen atoms in total. The molecule has 1 aromatic heterocycles. The number of imidazole rings is 1. The molecule has 0 fully saturated rings. The molecule has 0 atom stereocenters. The predicted octanol–water partition coefficient (Wildman–Crippen LogP) is 4.28. The summed E-state index contributed by atoms with van der Waals surface area (Å²) in [6.45, 7) is 4.64. The van der Waals surface area contributed by atoms with Gasteiger partial charge in [0.25, 0.3) is 0 Å². The van der Waals surface area contributed by atoms with Crippen molar-refractivity contribution in [3.63, 3.8) is 0 Å². The molecule has 0 saturated heterocycles. The van der Waals surface area contributed by atoms with Crippen LogP contribution in [0.3, 0.4) is 0 Å². The lowest BCUT2D eigenvalue weighted by Crippen LogP contribution is -2.30. The van der Waals surface area contributed by atoms with Crippen LogP contribution in [0, 0.1) is 0 Å². The van der Waals surface area contributed by atoms with Crippen molar-refractivity contribution in [1.29, 1.82) is 0 Å². The average molecular weight is 493 g/mol. The first-order valence-electron chi connectivity index (χ1n) is 11.4. The average Bonchev–Trinajstić information content (AvgIpc) is 3.21. The summed E-state index contributed by atoms with van der Waals surface area (Å²) in [4.78, 5) is 17.7. The Morgan fingerprint density at radius 3 is 2.29 bits per heavy atom. The highest BCUT2D eigenvalue weighted by Crippen LogP contribution is 2.20. The van der Waals surface area contributed by atoms with Gasteiger partial charge in [-0.25, -0.2) is 13.4 Å². The number of anilines is 1. The van der Waals surface area contributed by atoms with Crippen LogP contribution in [0.5, 0.6) is 5.75 Å². The van der Waals surface area contributed by atoms with Crippen LogP contribution >= 0.6 is 0 Å². The molecule has 0 bridgehead atoms. The fourth-order valence-corrected chi connectivity index (χ4v) is 5.30. The number of ether oxygens (including phenoxy) is 1. The third-order valence-electron chi connectivity index (χ3n) is 5.63. The van der Waals surface area contributed by atoms with Crippen molar-refractivity contribution in [2.24, 2.45) is 0 Å². The third-order valence-corrected chi connectivity index (χ3v) is 7.69. The van der Waals surface area contributed by atoms with E-state index in [4.69, 9.17) is 4.74 Å². The molecule has 182 valence electrons. The van der Waals surface area contributed by atoms with Crippen molar-refractivity contribution in [3.05, 3.63) is 84.7 Å². The van der Waals surface area contributed by atoms with Crippen molar-refractivity contribution in [2.75, 3.05) is 18.4 Å². The maximum absolute atomic E-state index is 12.9. The summed E-state index contributed by atoms with van der Waals surface area (Å²) in [6.07, 6.45) is 0. The molecule has 0 aliphatic heterocycles. The van der Waals surface area contributed by atoms with E-state index in [0.29, 0.717) is 24.6 Å². The normalized spacial score (nSPS) is 11.6. The van der Waals surface area contributed by atoms with Gasteiger partial charge < -0.3 is 14.6 Å². The van der Waals surface area contributed by atoms with Crippen molar-refractivity contribution >= 4 is 32.7 Å². The van der Waals surface area contributed by atoms with Gasteiger partial charge in [0.05, 0.1) is 15.9 Å². The number of para-hydroxylation sites is 3. The number of aromatic nitrogens is 2. The Labute approximate surface area is 205 Å². The standard InChI is InChI=1S/C26H28N4O4S/c1-3-29(4-2)35(32,33)22-16-14-20(15-17-22)27-26(31)18-30-24-13-9-8-12-23(24)28-25(30)19-34-21-10-6-5-7-11-21/h5-17H,3-4,18-19H2,1-2H3,(H,27,31). The lowest BCUT2D eigenvalue weighted by Gasteiger charge is -2.18. The van der Waals surface area contributed by atoms with Crippen molar-refractivity contribution in [1.82, 2.24) is 13.9 Å². The van der Waals surface area contributed by atoms with Crippen molar-refractivity contribution < 1.29 is 17.9 Å². The van der Waals surface area contributed by atoms with Gasteiger partial charge in [-0.15, -0.1) is 0 Å². The van der Waals surface area contributed by atoms with Crippen LogP contribution in [0.15, 0.2) is 83.8 Å². The Morgan fingerprint density at radius 2 is 1.60 bits per heavy atom. The number of nitrogens with zero attached hydrogens (tertiary/aromatic N) is 3. The summed E-state index contributed by atoms with van der Waals surface area (Å²) in [5.74, 6) is 1.09. The molecule has 1 amide bonds. The fourth-order valence-electron chi connectivity index (χ4n) is 3.84. The van der Waals surface area contributed by atoms with Crippen LogP contribution in [0.25, 0.3) is 11.0 Å². The van der Waals surface area contributed by atoms with E-state index in [0.717, 1.165) is 16.8 Å². The highest BCUT2D eigenvalue weighted by molar-refractivity contribution is 7.89. The molecular formula is C26H28N4O4S. The summed E-state index contributed by atoms with van der Waals surface area (Å²) in [7, 11) is -3.55. The van der Waals surface area contributed by atoms with E-state index in [9.17, 15) is 13.2 Å². The lowest BCUT2D eigenvalue weighted by atomic mass is 10.3. The first kappa shape index (κ1) is 24.4. The molecular weight excluding hydrogens is 464 g/mol. The zero-order valence-corrected chi connectivity index (χ0v) is 20.5. The Kier molecular flexibility index (Phi) is 7.48. The van der Waals surface area contributed by atoms with Gasteiger partial charge in [-0.05, 0) is 48.5 Å². The second-order valence-corrected chi connectivity index (χ2v) is 9.80. The van der Waals surface area contributed by atoms with Crippen LogP contribution in [0.1, 0.15) is 19.7 Å². The highest BCUT2D eigenvalue weighted by Gasteiger charge is 2.21. The number of carbonyl (C=O) groups excluding carboxylic acids is 1. The number of fused-ring (bicyclic) bond motifs is 1. The third kappa shape index (κ3) is 5.52. The number of benzene rings is 3. The number of hydrogen-bond acceptors (Lipinski definition) is 5. The number of sulfonamides is 1. The first-order chi connectivity index (χ1) is 16.9. The van der Waals surface area contributed by atoms with Gasteiger partial charge >= 0.3 is 0 Å². The molecule has 4 aromatic rings. The van der Waals surface area contributed by atoms with Gasteiger partial charge in [-0.2, -0.15) is 4.31 Å². The van der Waals surface area contributed by atoms with Crippen LogP contribution in [-0.4, -0.2) is 41.3 Å². The smallest absolute Gasteiger partial charge is 0.244 e. The van der Waals surface area contributed by atoms with E-state index >= 15 is 0 Å². The van der Waals surface area contributed by atoms with E-state index in [-0.39, 0.29) is 24.0 Å². The molecule has 1 heterocycles. The monoisotopic (exact) mass is 492 g/mol. The van der Waals surface area contributed by atoms with Gasteiger partial charge in [0.2, 0.25) is 15.9 Å². The molecule has 35 heavy (non-hydrogen) atoms. The molecule has 4 rings (SSSR count). The number of rotatable bonds is 10. The van der Waals surface area contributed by atoms with E-state index in [1.165, 1.54) is 16.4 Å². The number of amides is 1.